The van der Waals surface area contributed by atoms with Crippen LogP contribution in [0.15, 0.2) is 30.6 Å². The van der Waals surface area contributed by atoms with Gasteiger partial charge in [-0.25, -0.2) is 4.98 Å². The van der Waals surface area contributed by atoms with E-state index in [1.54, 1.807) is 30.6 Å². The number of benzene rings is 1. The van der Waals surface area contributed by atoms with E-state index in [9.17, 15) is 4.79 Å². The molecule has 7 heteroatoms. The highest BCUT2D eigenvalue weighted by atomic mass is 79.9. The lowest BCUT2D eigenvalue weighted by Gasteiger charge is -2.12. The Hall–Kier alpha value is -1.04. The molecule has 1 atom stereocenters. The van der Waals surface area contributed by atoms with Gasteiger partial charge in [0.15, 0.2) is 0 Å². The normalized spacial score (nSPS) is 12.2. The molecule has 18 heavy (non-hydrogen) atoms. The van der Waals surface area contributed by atoms with Gasteiger partial charge in [-0.2, -0.15) is 0 Å². The van der Waals surface area contributed by atoms with Crippen LogP contribution in [0, 0.1) is 0 Å². The smallest absolute Gasteiger partial charge is 0.245 e. The third-order valence-corrected chi connectivity index (χ3v) is 3.76. The van der Waals surface area contributed by atoms with E-state index in [4.69, 9.17) is 23.2 Å². The summed E-state index contributed by atoms with van der Waals surface area (Å²) in [6.07, 6.45) is 3.16. The Morgan fingerprint density at radius 1 is 1.39 bits per heavy atom. The first-order valence-electron chi connectivity index (χ1n) is 4.98. The first kappa shape index (κ1) is 13.4. The predicted octanol–water partition coefficient (Wildman–Crippen LogP) is 3.79. The molecule has 2 rings (SSSR count). The quantitative estimate of drug-likeness (QED) is 0.829. The van der Waals surface area contributed by atoms with E-state index in [0.717, 1.165) is 0 Å². The van der Waals surface area contributed by atoms with Crippen molar-refractivity contribution in [1.29, 1.82) is 0 Å². The van der Waals surface area contributed by atoms with Crippen molar-refractivity contribution in [1.82, 2.24) is 9.97 Å². The van der Waals surface area contributed by atoms with Gasteiger partial charge >= 0.3 is 0 Å². The van der Waals surface area contributed by atoms with Crippen molar-refractivity contribution < 1.29 is 4.79 Å². The van der Waals surface area contributed by atoms with E-state index in [1.165, 1.54) is 0 Å². The van der Waals surface area contributed by atoms with Crippen molar-refractivity contribution in [3.05, 3.63) is 46.2 Å². The molecular formula is C11H8BrCl2N3O. The summed E-state index contributed by atoms with van der Waals surface area (Å²) >= 11 is 15.3. The van der Waals surface area contributed by atoms with Crippen LogP contribution in [0.3, 0.4) is 0 Å². The number of amides is 1. The second-order valence-electron chi connectivity index (χ2n) is 3.42. The molecule has 1 aromatic carbocycles. The topological polar surface area (TPSA) is 57.8 Å². The van der Waals surface area contributed by atoms with Crippen LogP contribution >= 0.6 is 39.1 Å². The molecule has 0 aliphatic heterocycles. The molecule has 0 aliphatic rings. The molecule has 2 aromatic rings. The number of imidazole rings is 1. The summed E-state index contributed by atoms with van der Waals surface area (Å²) in [5.74, 6) is 0.0626. The first-order valence-corrected chi connectivity index (χ1v) is 6.65. The van der Waals surface area contributed by atoms with Crippen molar-refractivity contribution in [2.75, 3.05) is 5.32 Å². The van der Waals surface area contributed by atoms with Crippen LogP contribution in [0.25, 0.3) is 0 Å². The summed E-state index contributed by atoms with van der Waals surface area (Å²) in [5.41, 5.74) is 0.532. The maximum Gasteiger partial charge on any atom is 0.245 e. The molecule has 0 fully saturated rings. The van der Waals surface area contributed by atoms with E-state index in [-0.39, 0.29) is 5.91 Å². The van der Waals surface area contributed by atoms with Crippen LogP contribution in [-0.2, 0) is 4.79 Å². The molecule has 94 valence electrons. The Morgan fingerprint density at radius 2 is 2.06 bits per heavy atom. The van der Waals surface area contributed by atoms with Gasteiger partial charge in [-0.15, -0.1) is 0 Å². The molecule has 1 heterocycles. The molecule has 4 nitrogen and oxygen atoms in total. The zero-order chi connectivity index (χ0) is 13.1. The van der Waals surface area contributed by atoms with Crippen molar-refractivity contribution in [2.45, 2.75) is 4.83 Å². The monoisotopic (exact) mass is 347 g/mol. The highest BCUT2D eigenvalue weighted by Crippen LogP contribution is 2.35. The zero-order valence-electron chi connectivity index (χ0n) is 8.95. The minimum absolute atomic E-state index is 0.306. The number of aromatic amines is 1. The molecule has 0 bridgehead atoms. The lowest BCUT2D eigenvalue weighted by Crippen LogP contribution is -2.18. The number of nitrogens with zero attached hydrogens (tertiary/aromatic N) is 1. The van der Waals surface area contributed by atoms with Crippen LogP contribution in [0.1, 0.15) is 10.4 Å². The highest BCUT2D eigenvalue weighted by molar-refractivity contribution is 9.09. The second kappa shape index (κ2) is 5.73. The number of aromatic nitrogens is 2. The van der Waals surface area contributed by atoms with Crippen molar-refractivity contribution in [3.63, 3.8) is 0 Å². The van der Waals surface area contributed by atoms with Crippen molar-refractivity contribution in [3.8, 4) is 0 Å². The Morgan fingerprint density at radius 3 is 2.61 bits per heavy atom. The van der Waals surface area contributed by atoms with Gasteiger partial charge in [0, 0.05) is 28.0 Å². The number of anilines is 1. The van der Waals surface area contributed by atoms with Gasteiger partial charge in [-0.3, -0.25) is 10.1 Å². The van der Waals surface area contributed by atoms with Crippen LogP contribution < -0.4 is 5.32 Å². The summed E-state index contributed by atoms with van der Waals surface area (Å²) in [6.45, 7) is 0. The second-order valence-corrected chi connectivity index (χ2v) is 5.15. The lowest BCUT2D eigenvalue weighted by atomic mass is 10.1. The number of H-pyrrole nitrogens is 1. The Bertz CT molecular complexity index is 539. The van der Waals surface area contributed by atoms with Crippen LogP contribution in [0.2, 0.25) is 10.0 Å². The molecular weight excluding hydrogens is 341 g/mol. The zero-order valence-corrected chi connectivity index (χ0v) is 12.1. The fraction of sp³-hybridized carbons (Fsp3) is 0.0909. The Labute approximate surface area is 122 Å². The summed E-state index contributed by atoms with van der Waals surface area (Å²) in [7, 11) is 0. The van der Waals surface area contributed by atoms with E-state index in [2.05, 4.69) is 31.2 Å². The predicted molar refractivity (Wildman–Crippen MR) is 75.3 cm³/mol. The third kappa shape index (κ3) is 2.85. The van der Waals surface area contributed by atoms with E-state index in [0.29, 0.717) is 21.6 Å². The molecule has 0 radical (unpaired) electrons. The molecule has 1 aromatic heterocycles. The van der Waals surface area contributed by atoms with Gasteiger partial charge in [0.2, 0.25) is 11.9 Å². The van der Waals surface area contributed by atoms with Crippen LogP contribution in [0.4, 0.5) is 5.95 Å². The molecule has 1 amide bonds. The van der Waals surface area contributed by atoms with Gasteiger partial charge in [-0.05, 0) is 12.1 Å². The number of carbonyl (C=O) groups is 1. The van der Waals surface area contributed by atoms with Gasteiger partial charge in [0.05, 0.1) is 0 Å². The number of hydrogen-bond donors (Lipinski definition) is 2. The standard InChI is InChI=1S/C11H8BrCl2N3O/c12-9(8-6(13)2-1-3-7(8)14)10(18)17-11-15-4-5-16-11/h1-5,9H,(H2,15,16,17,18). The average Bonchev–Trinajstić information content (AvgIpc) is 2.81. The van der Waals surface area contributed by atoms with Gasteiger partial charge < -0.3 is 4.98 Å². The fourth-order valence-electron chi connectivity index (χ4n) is 1.40. The number of halogens is 3. The van der Waals surface area contributed by atoms with Crippen LogP contribution in [0.5, 0.6) is 0 Å². The van der Waals surface area contributed by atoms with E-state index >= 15 is 0 Å². The SMILES string of the molecule is O=C(Nc1ncc[nH]1)C(Br)c1c(Cl)cccc1Cl. The largest absolute Gasteiger partial charge is 0.331 e. The molecule has 2 N–H and O–H groups in total. The fourth-order valence-corrected chi connectivity index (χ4v) is 2.88. The summed E-state index contributed by atoms with van der Waals surface area (Å²) in [6, 6.07) is 5.08. The Balaban J connectivity index is 2.20. The highest BCUT2D eigenvalue weighted by Gasteiger charge is 2.23. The van der Waals surface area contributed by atoms with Gasteiger partial charge in [0.1, 0.15) is 4.83 Å². The molecule has 0 saturated carbocycles. The molecule has 0 spiro atoms. The summed E-state index contributed by atoms with van der Waals surface area (Å²) in [4.78, 5) is 18.0. The molecule has 1 unspecified atom stereocenters. The minimum atomic E-state index is -0.649. The van der Waals surface area contributed by atoms with Gasteiger partial charge in [-0.1, -0.05) is 45.2 Å². The van der Waals surface area contributed by atoms with E-state index < -0.39 is 4.83 Å². The number of alkyl halides is 1. The average molecular weight is 349 g/mol. The van der Waals surface area contributed by atoms with Gasteiger partial charge in [0.25, 0.3) is 0 Å². The minimum Gasteiger partial charge on any atom is -0.331 e. The maximum atomic E-state index is 12.0. The first-order chi connectivity index (χ1) is 8.59. The molecule has 0 aliphatic carbocycles. The number of hydrogen-bond acceptors (Lipinski definition) is 2. The number of nitrogens with one attached hydrogen (secondary N) is 2. The summed E-state index contributed by atoms with van der Waals surface area (Å²) < 4.78 is 0. The van der Waals surface area contributed by atoms with Crippen molar-refractivity contribution >= 4 is 51.0 Å². The number of carbonyl (C=O) groups excluding carboxylic acids is 1. The maximum absolute atomic E-state index is 12.0. The molecule has 0 saturated heterocycles. The lowest BCUT2D eigenvalue weighted by molar-refractivity contribution is -0.115. The van der Waals surface area contributed by atoms with E-state index in [1.807, 2.05) is 0 Å². The van der Waals surface area contributed by atoms with Crippen LogP contribution in [-0.4, -0.2) is 15.9 Å². The number of rotatable bonds is 3. The van der Waals surface area contributed by atoms with Crippen molar-refractivity contribution in [2.24, 2.45) is 0 Å². The third-order valence-electron chi connectivity index (χ3n) is 2.22. The summed E-state index contributed by atoms with van der Waals surface area (Å²) in [5, 5.41) is 3.46. The Kier molecular flexibility index (Phi) is 4.27.